The molecule has 0 aromatic carbocycles. The molecule has 0 bridgehead atoms. The van der Waals surface area contributed by atoms with Crippen molar-refractivity contribution in [2.75, 3.05) is 0 Å². The third-order valence-corrected chi connectivity index (χ3v) is 1.82. The number of hydrogen-bond acceptors (Lipinski definition) is 4. The summed E-state index contributed by atoms with van der Waals surface area (Å²) in [4.78, 5) is 10.7. The van der Waals surface area contributed by atoms with E-state index in [1.165, 1.54) is 6.92 Å². The molecule has 0 saturated heterocycles. The van der Waals surface area contributed by atoms with Crippen LogP contribution in [0.15, 0.2) is 0 Å². The molecule has 0 aliphatic carbocycles. The topological polar surface area (TPSA) is 95.1 Å². The average Bonchev–Trinajstić information content (AvgIpc) is 1.97. The van der Waals surface area contributed by atoms with E-state index in [0.29, 0.717) is 0 Å². The monoisotopic (exact) mass is 173 g/mol. The summed E-state index contributed by atoms with van der Waals surface area (Å²) in [6, 6.07) is -0.306. The smallest absolute Gasteiger partial charge is 0.146 e. The summed E-state index contributed by atoms with van der Waals surface area (Å²) in [5, 5.41) is 0. The first kappa shape index (κ1) is 11.6. The van der Waals surface area contributed by atoms with Gasteiger partial charge >= 0.3 is 0 Å². The molecule has 0 aromatic heterocycles. The quantitative estimate of drug-likeness (QED) is 0.380. The van der Waals surface area contributed by atoms with Crippen LogP contribution in [0, 0.1) is 0 Å². The van der Waals surface area contributed by atoms with Gasteiger partial charge in [0.15, 0.2) is 0 Å². The van der Waals surface area contributed by atoms with Crippen LogP contribution in [0.5, 0.6) is 0 Å². The van der Waals surface area contributed by atoms with E-state index in [1.54, 1.807) is 0 Å². The van der Waals surface area contributed by atoms with E-state index in [0.717, 1.165) is 25.7 Å². The van der Waals surface area contributed by atoms with Crippen molar-refractivity contribution in [1.82, 2.24) is 0 Å². The van der Waals surface area contributed by atoms with Gasteiger partial charge in [-0.3, -0.25) is 4.79 Å². The summed E-state index contributed by atoms with van der Waals surface area (Å²) in [6.07, 6.45) is 3.16. The van der Waals surface area contributed by atoms with Gasteiger partial charge in [0.05, 0.1) is 12.2 Å². The molecule has 4 heteroatoms. The molecule has 0 heterocycles. The Morgan fingerprint density at radius 3 is 2.08 bits per heavy atom. The van der Waals surface area contributed by atoms with Gasteiger partial charge in [-0.25, -0.2) is 0 Å². The molecule has 6 N–H and O–H groups in total. The van der Waals surface area contributed by atoms with Crippen molar-refractivity contribution in [2.24, 2.45) is 17.2 Å². The fourth-order valence-corrected chi connectivity index (χ4v) is 0.948. The summed E-state index contributed by atoms with van der Waals surface area (Å²) in [7, 11) is 0. The lowest BCUT2D eigenvalue weighted by atomic mass is 10.1. The molecule has 0 saturated carbocycles. The SMILES string of the molecule is CC(=O)[C@@H](N)CCCCC(N)N. The van der Waals surface area contributed by atoms with Gasteiger partial charge < -0.3 is 17.2 Å². The Morgan fingerprint density at radius 1 is 1.17 bits per heavy atom. The molecule has 0 amide bonds. The Hall–Kier alpha value is -0.450. The molecule has 0 unspecified atom stereocenters. The number of nitrogens with two attached hydrogens (primary N) is 3. The molecule has 0 rings (SSSR count). The number of carbonyl (C=O) groups is 1. The number of hydrogen-bond donors (Lipinski definition) is 3. The third-order valence-electron chi connectivity index (χ3n) is 1.82. The lowest BCUT2D eigenvalue weighted by Crippen LogP contribution is -2.31. The maximum absolute atomic E-state index is 10.7. The van der Waals surface area contributed by atoms with Crippen LogP contribution < -0.4 is 17.2 Å². The zero-order valence-corrected chi connectivity index (χ0v) is 7.62. The second-order valence-corrected chi connectivity index (χ2v) is 3.17. The Labute approximate surface area is 73.5 Å². The number of rotatable bonds is 6. The minimum absolute atomic E-state index is 0.0482. The van der Waals surface area contributed by atoms with Crippen LogP contribution in [0.2, 0.25) is 0 Å². The van der Waals surface area contributed by atoms with Gasteiger partial charge in [-0.15, -0.1) is 0 Å². The lowest BCUT2D eigenvalue weighted by Gasteiger charge is -2.08. The summed E-state index contributed by atoms with van der Waals surface area (Å²) >= 11 is 0. The van der Waals surface area contributed by atoms with Crippen LogP contribution in [0.1, 0.15) is 32.6 Å². The molecule has 0 aromatic rings. The van der Waals surface area contributed by atoms with Crippen LogP contribution >= 0.6 is 0 Å². The van der Waals surface area contributed by atoms with Crippen LogP contribution in [0.25, 0.3) is 0 Å². The van der Waals surface area contributed by atoms with Gasteiger partial charge in [0.25, 0.3) is 0 Å². The predicted octanol–water partition coefficient (Wildman–Crippen LogP) is -0.293. The second kappa shape index (κ2) is 6.11. The molecular weight excluding hydrogens is 154 g/mol. The van der Waals surface area contributed by atoms with E-state index < -0.39 is 0 Å². The predicted molar refractivity (Wildman–Crippen MR) is 49.3 cm³/mol. The minimum Gasteiger partial charge on any atom is -0.322 e. The molecule has 0 spiro atoms. The highest BCUT2D eigenvalue weighted by molar-refractivity contribution is 5.80. The van der Waals surface area contributed by atoms with Gasteiger partial charge in [-0.05, 0) is 19.8 Å². The normalized spacial score (nSPS) is 13.4. The Balaban J connectivity index is 3.25. The molecule has 4 nitrogen and oxygen atoms in total. The molecule has 0 aliphatic heterocycles. The minimum atomic E-state index is -0.306. The van der Waals surface area contributed by atoms with E-state index in [9.17, 15) is 4.79 Å². The summed E-state index contributed by atoms with van der Waals surface area (Å²) in [5.74, 6) is 0.0482. The van der Waals surface area contributed by atoms with Gasteiger partial charge in [-0.2, -0.15) is 0 Å². The first-order valence-corrected chi connectivity index (χ1v) is 4.31. The van der Waals surface area contributed by atoms with Crippen LogP contribution in [0.3, 0.4) is 0 Å². The standard InChI is InChI=1S/C8H19N3O/c1-6(12)7(9)4-2-3-5-8(10)11/h7-8H,2-5,9-11H2,1H3/t7-/m0/s1. The highest BCUT2D eigenvalue weighted by Gasteiger charge is 2.06. The van der Waals surface area contributed by atoms with Crippen LogP contribution in [0.4, 0.5) is 0 Å². The Bertz CT molecular complexity index is 136. The van der Waals surface area contributed by atoms with Crippen molar-refractivity contribution in [3.63, 3.8) is 0 Å². The number of carbonyl (C=O) groups excluding carboxylic acids is 1. The molecule has 12 heavy (non-hydrogen) atoms. The van der Waals surface area contributed by atoms with E-state index >= 15 is 0 Å². The fraction of sp³-hybridized carbons (Fsp3) is 0.875. The first-order chi connectivity index (χ1) is 5.54. The zero-order valence-electron chi connectivity index (χ0n) is 7.62. The van der Waals surface area contributed by atoms with E-state index in [1.807, 2.05) is 0 Å². The molecule has 0 fully saturated rings. The largest absolute Gasteiger partial charge is 0.322 e. The lowest BCUT2D eigenvalue weighted by molar-refractivity contribution is -0.118. The third kappa shape index (κ3) is 6.27. The number of unbranched alkanes of at least 4 members (excludes halogenated alkanes) is 1. The second-order valence-electron chi connectivity index (χ2n) is 3.17. The highest BCUT2D eigenvalue weighted by Crippen LogP contribution is 2.02. The van der Waals surface area contributed by atoms with Gasteiger partial charge in [0, 0.05) is 0 Å². The first-order valence-electron chi connectivity index (χ1n) is 4.31. The van der Waals surface area contributed by atoms with Crippen molar-refractivity contribution in [3.8, 4) is 0 Å². The Morgan fingerprint density at radius 2 is 1.67 bits per heavy atom. The maximum atomic E-state index is 10.7. The van der Waals surface area contributed by atoms with Crippen molar-refractivity contribution in [3.05, 3.63) is 0 Å². The van der Waals surface area contributed by atoms with E-state index in [-0.39, 0.29) is 18.0 Å². The fourth-order valence-electron chi connectivity index (χ4n) is 0.948. The summed E-state index contributed by atoms with van der Waals surface area (Å²) < 4.78 is 0. The van der Waals surface area contributed by atoms with Crippen LogP contribution in [-0.2, 0) is 4.79 Å². The van der Waals surface area contributed by atoms with Crippen molar-refractivity contribution in [1.29, 1.82) is 0 Å². The summed E-state index contributed by atoms with van der Waals surface area (Å²) in [6.45, 7) is 1.51. The van der Waals surface area contributed by atoms with Gasteiger partial charge in [0.1, 0.15) is 5.78 Å². The van der Waals surface area contributed by atoms with Crippen molar-refractivity contribution < 1.29 is 4.79 Å². The van der Waals surface area contributed by atoms with Gasteiger partial charge in [-0.1, -0.05) is 12.8 Å². The zero-order chi connectivity index (χ0) is 9.56. The van der Waals surface area contributed by atoms with E-state index in [4.69, 9.17) is 17.2 Å². The Kier molecular flexibility index (Phi) is 5.88. The van der Waals surface area contributed by atoms with Crippen LogP contribution in [-0.4, -0.2) is 18.0 Å². The molecule has 72 valence electrons. The van der Waals surface area contributed by atoms with Crippen molar-refractivity contribution in [2.45, 2.75) is 44.8 Å². The number of Topliss-reactive ketones (excluding diaryl/α,β-unsaturated/α-hetero) is 1. The average molecular weight is 173 g/mol. The van der Waals surface area contributed by atoms with Gasteiger partial charge in [0.2, 0.25) is 0 Å². The molecule has 0 aliphatic rings. The number of ketones is 1. The maximum Gasteiger partial charge on any atom is 0.146 e. The summed E-state index contributed by atoms with van der Waals surface area (Å²) in [5.41, 5.74) is 16.2. The van der Waals surface area contributed by atoms with E-state index in [2.05, 4.69) is 0 Å². The molecule has 1 atom stereocenters. The molecule has 0 radical (unpaired) electrons. The highest BCUT2D eigenvalue weighted by atomic mass is 16.1. The van der Waals surface area contributed by atoms with Crippen molar-refractivity contribution >= 4 is 5.78 Å². The molecular formula is C8H19N3O.